The van der Waals surface area contributed by atoms with Gasteiger partial charge in [-0.3, -0.25) is 9.59 Å². The summed E-state index contributed by atoms with van der Waals surface area (Å²) < 4.78 is 40.7. The summed E-state index contributed by atoms with van der Waals surface area (Å²) in [5, 5.41) is 45.2. The highest BCUT2D eigenvalue weighted by Gasteiger charge is 2.55. The fourth-order valence-corrected chi connectivity index (χ4v) is 10.5. The fraction of sp³-hybridized carbons (Fsp3) is 0.788. The minimum atomic E-state index is -2.87. The topological polar surface area (TPSA) is 172 Å². The molecule has 0 aromatic heterocycles. The van der Waals surface area contributed by atoms with Gasteiger partial charge in [-0.15, -0.1) is 0 Å². The standard InChI is InChI=1S/C52H84FNO11/c1-31-17-13-12-14-18-36(6)51(8,9)30-39-22-20-37(7)52(53,65-39)48(59)49(60)54-24-16-15-19-40(54)50(61)64-43(33(3)27-38-21-23-41(55)44(28-38)62-10)29-42(56)32(2)26-35(5)46(58)47(63-11)45(57)34(4)25-31/h12-14,17-18,26,31-34,37-47,55-58H,15-16,19-25,27-30H2,1-11H3/b14-12+,17-13+,35-26+,36-18+/t31-,32-,33-,34-,37-,38?,39+,40?,41-,42?,43+,44-,45?,46-,47+,52-/m1/s1. The van der Waals surface area contributed by atoms with Crippen LogP contribution in [0.1, 0.15) is 139 Å². The Labute approximate surface area is 389 Å². The highest BCUT2D eigenvalue weighted by atomic mass is 19.2. The van der Waals surface area contributed by atoms with E-state index in [-0.39, 0.29) is 49.2 Å². The molecule has 1 amide bonds. The van der Waals surface area contributed by atoms with Crippen LogP contribution in [-0.4, -0.2) is 124 Å². The van der Waals surface area contributed by atoms with Crippen LogP contribution in [0.2, 0.25) is 0 Å². The zero-order chi connectivity index (χ0) is 48.4. The van der Waals surface area contributed by atoms with Crippen LogP contribution in [0.4, 0.5) is 4.39 Å². The molecular weight excluding hydrogens is 834 g/mol. The van der Waals surface area contributed by atoms with Crippen LogP contribution in [0.5, 0.6) is 0 Å². The second-order valence-electron chi connectivity index (χ2n) is 21.0. The fourth-order valence-electron chi connectivity index (χ4n) is 10.5. The third kappa shape index (κ3) is 14.4. The number of amides is 1. The molecule has 4 rings (SSSR count). The van der Waals surface area contributed by atoms with Crippen molar-refractivity contribution in [3.8, 4) is 0 Å². The molecule has 3 fully saturated rings. The first-order chi connectivity index (χ1) is 30.5. The summed E-state index contributed by atoms with van der Waals surface area (Å²) in [6.07, 6.45) is 10.9. The first-order valence-corrected chi connectivity index (χ1v) is 24.4. The van der Waals surface area contributed by atoms with E-state index < -0.39 is 89.5 Å². The molecule has 370 valence electrons. The number of halogens is 1. The lowest BCUT2D eigenvalue weighted by Gasteiger charge is -2.42. The molecule has 2 bridgehead atoms. The molecule has 1 aliphatic carbocycles. The predicted molar refractivity (Wildman–Crippen MR) is 249 cm³/mol. The molecule has 2 saturated heterocycles. The average Bonchev–Trinajstić information content (AvgIpc) is 3.26. The van der Waals surface area contributed by atoms with Crippen LogP contribution in [0.25, 0.3) is 0 Å². The molecule has 16 atom stereocenters. The Balaban J connectivity index is 1.70. The average molecular weight is 918 g/mol. The number of fused-ring (bicyclic) bond motifs is 3. The summed E-state index contributed by atoms with van der Waals surface area (Å²) in [6, 6.07) is -1.14. The number of nitrogens with zero attached hydrogens (tertiary/aromatic N) is 1. The normalized spacial score (nSPS) is 42.3. The van der Waals surface area contributed by atoms with Gasteiger partial charge in [0.1, 0.15) is 24.4 Å². The van der Waals surface area contributed by atoms with E-state index in [0.717, 1.165) is 16.9 Å². The molecule has 12 nitrogen and oxygen atoms in total. The number of esters is 1. The largest absolute Gasteiger partial charge is 0.460 e. The van der Waals surface area contributed by atoms with Gasteiger partial charge in [-0.25, -0.2) is 9.18 Å². The molecule has 0 radical (unpaired) electrons. The van der Waals surface area contributed by atoms with Crippen LogP contribution in [0.15, 0.2) is 47.6 Å². The quantitative estimate of drug-likeness (QED) is 0.121. The minimum absolute atomic E-state index is 0.0237. The molecule has 4 N–H and O–H groups in total. The Kier molecular flexibility index (Phi) is 20.7. The van der Waals surface area contributed by atoms with Gasteiger partial charge in [-0.2, -0.15) is 0 Å². The van der Waals surface area contributed by atoms with Gasteiger partial charge in [-0.05, 0) is 119 Å². The third-order valence-electron chi connectivity index (χ3n) is 15.3. The molecule has 0 aromatic carbocycles. The molecule has 1 saturated carbocycles. The number of carbonyl (C=O) groups is 3. The number of cyclic esters (lactones) is 1. The van der Waals surface area contributed by atoms with Crippen LogP contribution >= 0.6 is 0 Å². The van der Waals surface area contributed by atoms with Gasteiger partial charge in [0.15, 0.2) is 0 Å². The number of hydrogen-bond acceptors (Lipinski definition) is 11. The van der Waals surface area contributed by atoms with Gasteiger partial charge in [-0.1, -0.05) is 90.5 Å². The summed E-state index contributed by atoms with van der Waals surface area (Å²) >= 11 is 0. The minimum Gasteiger partial charge on any atom is -0.460 e. The molecule has 4 aliphatic rings. The monoisotopic (exact) mass is 918 g/mol. The van der Waals surface area contributed by atoms with E-state index in [4.69, 9.17) is 18.9 Å². The van der Waals surface area contributed by atoms with E-state index in [9.17, 15) is 34.8 Å². The van der Waals surface area contributed by atoms with Gasteiger partial charge >= 0.3 is 5.97 Å². The molecule has 0 spiro atoms. The maximum atomic E-state index is 17.1. The Morgan fingerprint density at radius 1 is 0.877 bits per heavy atom. The number of alkyl halides is 1. The number of ketones is 1. The van der Waals surface area contributed by atoms with Crippen LogP contribution in [-0.2, 0) is 33.3 Å². The Morgan fingerprint density at radius 3 is 2.26 bits per heavy atom. The number of allylic oxidation sites excluding steroid dienone is 6. The number of methoxy groups -OCH3 is 2. The van der Waals surface area contributed by atoms with Gasteiger partial charge in [0.2, 0.25) is 0 Å². The molecular formula is C52H84FNO11. The van der Waals surface area contributed by atoms with Crippen molar-refractivity contribution in [2.75, 3.05) is 20.8 Å². The summed E-state index contributed by atoms with van der Waals surface area (Å²) in [5.74, 6) is -7.68. The summed E-state index contributed by atoms with van der Waals surface area (Å²) in [4.78, 5) is 43.9. The lowest BCUT2D eigenvalue weighted by Crippen LogP contribution is -2.59. The zero-order valence-electron chi connectivity index (χ0n) is 41.3. The van der Waals surface area contributed by atoms with Gasteiger partial charge in [0, 0.05) is 39.0 Å². The number of piperidine rings is 1. The van der Waals surface area contributed by atoms with Gasteiger partial charge < -0.3 is 44.3 Å². The predicted octanol–water partition coefficient (Wildman–Crippen LogP) is 7.75. The SMILES string of the molecule is CO[C@@H]1CC(C[C@@H](C)[C@@H]2CC(O)[C@H](C)/C=C(\C)[C@@H](O)[C@@H](OC)C(O)[C@H](C)C[C@H](C)/C=C/C=C/C=C(\C)C(C)(C)C[C@@H]3CC[C@@H](C)[C@@](F)(O3)C(=O)C(=O)N3CCCCC3C(=O)O2)CC[C@H]1O. The van der Waals surface area contributed by atoms with Crippen molar-refractivity contribution in [2.45, 2.75) is 200 Å². The molecule has 3 heterocycles. The van der Waals surface area contributed by atoms with E-state index >= 15 is 4.39 Å². The highest BCUT2D eigenvalue weighted by molar-refractivity contribution is 6.39. The summed E-state index contributed by atoms with van der Waals surface area (Å²) in [7, 11) is 3.04. The number of aliphatic hydroxyl groups is 4. The van der Waals surface area contributed by atoms with Crippen molar-refractivity contribution < 1.29 is 58.1 Å². The molecule has 0 aromatic rings. The van der Waals surface area contributed by atoms with Crippen molar-refractivity contribution in [1.29, 1.82) is 0 Å². The molecule has 13 heteroatoms. The summed E-state index contributed by atoms with van der Waals surface area (Å²) in [5.41, 5.74) is 1.10. The van der Waals surface area contributed by atoms with Crippen molar-refractivity contribution in [2.24, 2.45) is 40.9 Å². The second kappa shape index (κ2) is 24.5. The number of ether oxygens (including phenoxy) is 4. The van der Waals surface area contributed by atoms with Crippen molar-refractivity contribution in [3.05, 3.63) is 47.6 Å². The number of Topliss-reactive ketones (excluding diaryl/α,β-unsaturated/α-hetero) is 1. The van der Waals surface area contributed by atoms with Crippen molar-refractivity contribution in [3.63, 3.8) is 0 Å². The Bertz CT molecular complexity index is 1700. The second-order valence-corrected chi connectivity index (χ2v) is 21.0. The van der Waals surface area contributed by atoms with E-state index in [1.165, 1.54) is 7.11 Å². The summed E-state index contributed by atoms with van der Waals surface area (Å²) in [6.45, 7) is 17.2. The Hall–Kier alpha value is -2.78. The molecule has 4 unspecified atom stereocenters. The van der Waals surface area contributed by atoms with E-state index in [1.807, 2.05) is 58.9 Å². The maximum Gasteiger partial charge on any atom is 0.329 e. The van der Waals surface area contributed by atoms with Crippen LogP contribution in [0, 0.1) is 40.9 Å². The van der Waals surface area contributed by atoms with E-state index in [2.05, 4.69) is 13.0 Å². The maximum absolute atomic E-state index is 17.1. The molecule has 3 aliphatic heterocycles. The van der Waals surface area contributed by atoms with Crippen LogP contribution < -0.4 is 0 Å². The lowest BCUT2D eigenvalue weighted by atomic mass is 9.77. The van der Waals surface area contributed by atoms with Crippen LogP contribution in [0.3, 0.4) is 0 Å². The van der Waals surface area contributed by atoms with Gasteiger partial charge in [0.25, 0.3) is 17.5 Å². The smallest absolute Gasteiger partial charge is 0.329 e. The Morgan fingerprint density at radius 2 is 1.58 bits per heavy atom. The number of carbonyl (C=O) groups excluding carboxylic acids is 3. The first kappa shape index (κ1) is 54.8. The first-order valence-electron chi connectivity index (χ1n) is 24.4. The van der Waals surface area contributed by atoms with E-state index in [1.54, 1.807) is 34.0 Å². The highest BCUT2D eigenvalue weighted by Crippen LogP contribution is 2.43. The lowest BCUT2D eigenvalue weighted by molar-refractivity contribution is -0.231. The number of rotatable bonds is 5. The van der Waals surface area contributed by atoms with E-state index in [0.29, 0.717) is 63.4 Å². The third-order valence-corrected chi connectivity index (χ3v) is 15.3. The van der Waals surface area contributed by atoms with Crippen molar-refractivity contribution in [1.82, 2.24) is 4.90 Å². The van der Waals surface area contributed by atoms with Gasteiger partial charge in [0.05, 0.1) is 30.5 Å². The zero-order valence-corrected chi connectivity index (χ0v) is 41.3. The van der Waals surface area contributed by atoms with Crippen molar-refractivity contribution >= 4 is 17.7 Å². The molecule has 65 heavy (non-hydrogen) atoms. The number of hydrogen-bond donors (Lipinski definition) is 4. The number of aliphatic hydroxyl groups excluding tert-OH is 4.